The number of hydrogen-bond acceptors (Lipinski definition) is 5. The van der Waals surface area contributed by atoms with Gasteiger partial charge in [0.05, 0.1) is 10.7 Å². The highest BCUT2D eigenvalue weighted by atomic mass is 32.1. The second-order valence-electron chi connectivity index (χ2n) is 5.76. The van der Waals surface area contributed by atoms with Crippen LogP contribution in [0.2, 0.25) is 0 Å². The van der Waals surface area contributed by atoms with E-state index in [4.69, 9.17) is 4.74 Å². The molecule has 1 amide bonds. The zero-order chi connectivity index (χ0) is 18.4. The number of nitrogens with zero attached hydrogens (tertiary/aromatic N) is 2. The Bertz CT molecular complexity index is 900. The van der Waals surface area contributed by atoms with Crippen LogP contribution in [0, 0.1) is 13.8 Å². The Balaban J connectivity index is 1.52. The smallest absolute Gasteiger partial charge is 0.249 e. The van der Waals surface area contributed by atoms with Crippen molar-refractivity contribution in [3.63, 3.8) is 0 Å². The van der Waals surface area contributed by atoms with Gasteiger partial charge < -0.3 is 10.1 Å². The molecule has 0 atom stereocenters. The normalized spacial score (nSPS) is 10.8. The monoisotopic (exact) mass is 365 g/mol. The van der Waals surface area contributed by atoms with Crippen molar-refractivity contribution >= 4 is 29.1 Å². The van der Waals surface area contributed by atoms with E-state index in [1.54, 1.807) is 29.7 Å². The number of nitrogens with one attached hydrogen (secondary N) is 1. The van der Waals surface area contributed by atoms with Crippen LogP contribution in [0.15, 0.2) is 54.1 Å². The summed E-state index contributed by atoms with van der Waals surface area (Å²) in [6.07, 6.45) is 4.94. The molecular weight excluding hydrogens is 346 g/mol. The summed E-state index contributed by atoms with van der Waals surface area (Å²) in [5.41, 5.74) is 2.89. The number of ether oxygens (including phenoxy) is 1. The topological polar surface area (TPSA) is 64.1 Å². The second-order valence-corrected chi connectivity index (χ2v) is 6.82. The number of carbonyl (C=O) groups is 1. The number of hydrogen-bond donors (Lipinski definition) is 1. The number of rotatable bonds is 6. The van der Waals surface area contributed by atoms with Gasteiger partial charge >= 0.3 is 0 Å². The molecule has 1 N–H and O–H groups in total. The summed E-state index contributed by atoms with van der Waals surface area (Å²) in [6.45, 7) is 4.37. The van der Waals surface area contributed by atoms with Crippen LogP contribution in [0.3, 0.4) is 0 Å². The molecule has 0 aliphatic heterocycles. The molecule has 0 fully saturated rings. The first kappa shape index (κ1) is 17.8. The first-order valence-electron chi connectivity index (χ1n) is 8.14. The van der Waals surface area contributed by atoms with E-state index in [1.165, 1.54) is 6.08 Å². The summed E-state index contributed by atoms with van der Waals surface area (Å²) in [6, 6.07) is 11.2. The van der Waals surface area contributed by atoms with Gasteiger partial charge in [-0.15, -0.1) is 11.3 Å². The lowest BCUT2D eigenvalue weighted by Gasteiger charge is -2.04. The van der Waals surface area contributed by atoms with Gasteiger partial charge in [-0.3, -0.25) is 4.79 Å². The zero-order valence-electron chi connectivity index (χ0n) is 14.6. The number of amides is 1. The van der Waals surface area contributed by atoms with E-state index < -0.39 is 0 Å². The fraction of sp³-hybridized carbons (Fsp3) is 0.150. The SMILES string of the molecule is Cc1ccc(NC(=O)/C=C/c2ccc(OCc3csc(C)n3)cc2)nc1. The molecule has 0 aliphatic rings. The highest BCUT2D eigenvalue weighted by molar-refractivity contribution is 7.09. The molecule has 132 valence electrons. The maximum atomic E-state index is 11.9. The van der Waals surface area contributed by atoms with Gasteiger partial charge in [0.25, 0.3) is 0 Å². The van der Waals surface area contributed by atoms with Gasteiger partial charge in [-0.25, -0.2) is 9.97 Å². The minimum absolute atomic E-state index is 0.222. The maximum absolute atomic E-state index is 11.9. The van der Waals surface area contributed by atoms with E-state index in [2.05, 4.69) is 15.3 Å². The molecule has 0 spiro atoms. The molecule has 26 heavy (non-hydrogen) atoms. The number of aryl methyl sites for hydroxylation is 2. The number of carbonyl (C=O) groups excluding carboxylic acids is 1. The van der Waals surface area contributed by atoms with Crippen molar-refractivity contribution in [1.29, 1.82) is 0 Å². The lowest BCUT2D eigenvalue weighted by atomic mass is 10.2. The van der Waals surface area contributed by atoms with Crippen molar-refractivity contribution in [2.75, 3.05) is 5.32 Å². The van der Waals surface area contributed by atoms with E-state index in [1.807, 2.05) is 49.6 Å². The fourth-order valence-electron chi connectivity index (χ4n) is 2.19. The summed E-state index contributed by atoms with van der Waals surface area (Å²) in [5.74, 6) is 1.08. The van der Waals surface area contributed by atoms with Gasteiger partial charge in [0.2, 0.25) is 5.91 Å². The molecule has 0 bridgehead atoms. The van der Waals surface area contributed by atoms with Crippen molar-refractivity contribution in [2.45, 2.75) is 20.5 Å². The van der Waals surface area contributed by atoms with Gasteiger partial charge in [-0.05, 0) is 49.2 Å². The van der Waals surface area contributed by atoms with Gasteiger partial charge in [-0.2, -0.15) is 0 Å². The van der Waals surface area contributed by atoms with Crippen LogP contribution in [0.1, 0.15) is 21.8 Å². The predicted molar refractivity (Wildman–Crippen MR) is 104 cm³/mol. The number of pyridine rings is 1. The molecule has 0 aliphatic carbocycles. The number of thiazole rings is 1. The van der Waals surface area contributed by atoms with Gasteiger partial charge in [0.1, 0.15) is 18.2 Å². The average Bonchev–Trinajstić information content (AvgIpc) is 3.06. The third-order valence-corrected chi connectivity index (χ3v) is 4.35. The van der Waals surface area contributed by atoms with Crippen LogP contribution in [0.25, 0.3) is 6.08 Å². The summed E-state index contributed by atoms with van der Waals surface area (Å²) in [5, 5.41) is 5.75. The minimum Gasteiger partial charge on any atom is -0.487 e. The minimum atomic E-state index is -0.222. The highest BCUT2D eigenvalue weighted by Crippen LogP contribution is 2.16. The molecule has 3 aromatic rings. The zero-order valence-corrected chi connectivity index (χ0v) is 15.4. The molecule has 1 aromatic carbocycles. The molecule has 5 nitrogen and oxygen atoms in total. The molecule has 0 saturated carbocycles. The number of benzene rings is 1. The third-order valence-electron chi connectivity index (χ3n) is 3.52. The van der Waals surface area contributed by atoms with Crippen molar-refractivity contribution in [2.24, 2.45) is 0 Å². The Labute approximate surface area is 156 Å². The molecule has 3 rings (SSSR count). The Morgan fingerprint density at radius 2 is 2.00 bits per heavy atom. The standard InChI is InChI=1S/C20H19N3O2S/c1-14-3-9-19(21-11-14)23-20(24)10-6-16-4-7-18(8-5-16)25-12-17-13-26-15(2)22-17/h3-11,13H,12H2,1-2H3,(H,21,23,24)/b10-6+. The van der Waals surface area contributed by atoms with Crippen molar-refractivity contribution in [3.05, 3.63) is 75.9 Å². The fourth-order valence-corrected chi connectivity index (χ4v) is 2.79. The van der Waals surface area contributed by atoms with E-state index in [-0.39, 0.29) is 5.91 Å². The summed E-state index contributed by atoms with van der Waals surface area (Å²) in [7, 11) is 0. The van der Waals surface area contributed by atoms with Crippen LogP contribution >= 0.6 is 11.3 Å². The van der Waals surface area contributed by atoms with E-state index in [0.29, 0.717) is 12.4 Å². The number of aromatic nitrogens is 2. The molecule has 6 heteroatoms. The van der Waals surface area contributed by atoms with E-state index >= 15 is 0 Å². The number of anilines is 1. The largest absolute Gasteiger partial charge is 0.487 e. The molecular formula is C20H19N3O2S. The van der Waals surface area contributed by atoms with Gasteiger partial charge in [-0.1, -0.05) is 18.2 Å². The summed E-state index contributed by atoms with van der Waals surface area (Å²) < 4.78 is 5.71. The third kappa shape index (κ3) is 5.26. The van der Waals surface area contributed by atoms with Crippen LogP contribution in [-0.2, 0) is 11.4 Å². The Morgan fingerprint density at radius 3 is 2.65 bits per heavy atom. The van der Waals surface area contributed by atoms with Gasteiger partial charge in [0, 0.05) is 17.7 Å². The van der Waals surface area contributed by atoms with E-state index in [9.17, 15) is 4.79 Å². The van der Waals surface area contributed by atoms with Crippen LogP contribution in [-0.4, -0.2) is 15.9 Å². The molecule has 0 saturated heterocycles. The highest BCUT2D eigenvalue weighted by Gasteiger charge is 2.01. The van der Waals surface area contributed by atoms with Crippen LogP contribution in [0.5, 0.6) is 5.75 Å². The lowest BCUT2D eigenvalue weighted by molar-refractivity contribution is -0.111. The molecule has 2 aromatic heterocycles. The first-order chi connectivity index (χ1) is 12.6. The summed E-state index contributed by atoms with van der Waals surface area (Å²) in [4.78, 5) is 20.4. The Hall–Kier alpha value is -2.99. The Kier molecular flexibility index (Phi) is 5.76. The van der Waals surface area contributed by atoms with Crippen molar-refractivity contribution in [3.8, 4) is 5.75 Å². The average molecular weight is 365 g/mol. The van der Waals surface area contributed by atoms with Gasteiger partial charge in [0.15, 0.2) is 0 Å². The van der Waals surface area contributed by atoms with Crippen molar-refractivity contribution < 1.29 is 9.53 Å². The van der Waals surface area contributed by atoms with E-state index in [0.717, 1.165) is 27.6 Å². The predicted octanol–water partition coefficient (Wildman–Crippen LogP) is 4.39. The maximum Gasteiger partial charge on any atom is 0.249 e. The molecule has 0 unspecified atom stereocenters. The van der Waals surface area contributed by atoms with Crippen LogP contribution in [0.4, 0.5) is 5.82 Å². The Morgan fingerprint density at radius 1 is 1.19 bits per heavy atom. The van der Waals surface area contributed by atoms with Crippen molar-refractivity contribution in [1.82, 2.24) is 9.97 Å². The first-order valence-corrected chi connectivity index (χ1v) is 9.02. The van der Waals surface area contributed by atoms with Crippen LogP contribution < -0.4 is 10.1 Å². The second kappa shape index (κ2) is 8.40. The lowest BCUT2D eigenvalue weighted by Crippen LogP contribution is -2.08. The molecule has 2 heterocycles. The quantitative estimate of drug-likeness (QED) is 0.658. The molecule has 0 radical (unpaired) electrons. The summed E-state index contributed by atoms with van der Waals surface area (Å²) >= 11 is 1.61.